The van der Waals surface area contributed by atoms with Gasteiger partial charge in [0, 0.05) is 19.5 Å². The van der Waals surface area contributed by atoms with Gasteiger partial charge in [-0.3, -0.25) is 4.79 Å². The van der Waals surface area contributed by atoms with Crippen LogP contribution in [0.25, 0.3) is 0 Å². The third kappa shape index (κ3) is 2.19. The second-order valence-electron chi connectivity index (χ2n) is 5.23. The van der Waals surface area contributed by atoms with Gasteiger partial charge in [0.05, 0.1) is 0 Å². The maximum Gasteiger partial charge on any atom is 0.219 e. The minimum Gasteiger partial charge on any atom is -0.340 e. The van der Waals surface area contributed by atoms with Crippen LogP contribution in [0.15, 0.2) is 0 Å². The summed E-state index contributed by atoms with van der Waals surface area (Å²) in [6, 6.07) is 0.556. The molecule has 0 aliphatic heterocycles. The molecular weight excluding hydrogens is 186 g/mol. The van der Waals surface area contributed by atoms with Crippen molar-refractivity contribution in [3.05, 3.63) is 0 Å². The summed E-state index contributed by atoms with van der Waals surface area (Å²) in [6.07, 6.45) is 8.21. The number of nitrogens with zero attached hydrogens (tertiary/aromatic N) is 1. The van der Waals surface area contributed by atoms with Gasteiger partial charge in [-0.05, 0) is 31.6 Å². The first kappa shape index (κ1) is 11.0. The zero-order chi connectivity index (χ0) is 10.8. The molecule has 0 aromatic rings. The average Bonchev–Trinajstić information content (AvgIpc) is 2.61. The van der Waals surface area contributed by atoms with Gasteiger partial charge in [-0.25, -0.2) is 0 Å². The quantitative estimate of drug-likeness (QED) is 0.685. The van der Waals surface area contributed by atoms with E-state index in [2.05, 4.69) is 11.8 Å². The fraction of sp³-hybridized carbons (Fsp3) is 0.923. The number of carbonyl (C=O) groups excluding carboxylic acids is 1. The van der Waals surface area contributed by atoms with E-state index in [9.17, 15) is 4.79 Å². The van der Waals surface area contributed by atoms with E-state index < -0.39 is 0 Å². The Kier molecular flexibility index (Phi) is 3.32. The van der Waals surface area contributed by atoms with E-state index in [0.717, 1.165) is 18.4 Å². The van der Waals surface area contributed by atoms with E-state index >= 15 is 0 Å². The van der Waals surface area contributed by atoms with E-state index in [1.165, 1.54) is 38.5 Å². The van der Waals surface area contributed by atoms with Gasteiger partial charge in [0.2, 0.25) is 5.91 Å². The van der Waals surface area contributed by atoms with Crippen molar-refractivity contribution >= 4 is 5.91 Å². The van der Waals surface area contributed by atoms with Crippen LogP contribution in [0.1, 0.15) is 52.4 Å². The molecule has 0 heterocycles. The van der Waals surface area contributed by atoms with Gasteiger partial charge >= 0.3 is 0 Å². The molecule has 2 nitrogen and oxygen atoms in total. The summed E-state index contributed by atoms with van der Waals surface area (Å²) >= 11 is 0. The summed E-state index contributed by atoms with van der Waals surface area (Å²) < 4.78 is 0. The summed E-state index contributed by atoms with van der Waals surface area (Å²) in [6.45, 7) is 4.70. The van der Waals surface area contributed by atoms with Crippen LogP contribution in [0.5, 0.6) is 0 Å². The monoisotopic (exact) mass is 209 g/mol. The molecule has 1 amide bonds. The van der Waals surface area contributed by atoms with E-state index in [4.69, 9.17) is 0 Å². The predicted molar refractivity (Wildman–Crippen MR) is 61.5 cm³/mol. The Balaban J connectivity index is 1.98. The number of carbonyl (C=O) groups is 1. The molecule has 2 heteroatoms. The van der Waals surface area contributed by atoms with Gasteiger partial charge in [-0.1, -0.05) is 25.7 Å². The van der Waals surface area contributed by atoms with Crippen LogP contribution in [-0.4, -0.2) is 23.4 Å². The second-order valence-corrected chi connectivity index (χ2v) is 5.23. The molecule has 2 fully saturated rings. The maximum absolute atomic E-state index is 11.5. The van der Waals surface area contributed by atoms with Crippen LogP contribution < -0.4 is 0 Å². The summed E-state index contributed by atoms with van der Waals surface area (Å²) in [5.41, 5.74) is 0. The standard InChI is InChI=1S/C13H23NO/c1-3-14(10(2)15)13-8-11-6-4-5-7-12(11)9-13/h11-13H,3-9H2,1-2H3. The van der Waals surface area contributed by atoms with Crippen molar-refractivity contribution in [2.24, 2.45) is 11.8 Å². The molecule has 0 radical (unpaired) electrons. The molecular formula is C13H23NO. The summed E-state index contributed by atoms with van der Waals surface area (Å²) in [5.74, 6) is 2.12. The molecule has 0 aromatic heterocycles. The van der Waals surface area contributed by atoms with E-state index in [-0.39, 0.29) is 5.91 Å². The lowest BCUT2D eigenvalue weighted by atomic mass is 9.82. The van der Waals surface area contributed by atoms with Crippen LogP contribution in [0.4, 0.5) is 0 Å². The molecule has 2 rings (SSSR count). The van der Waals surface area contributed by atoms with Crippen molar-refractivity contribution in [2.45, 2.75) is 58.4 Å². The third-order valence-corrected chi connectivity index (χ3v) is 4.40. The Hall–Kier alpha value is -0.530. The van der Waals surface area contributed by atoms with E-state index in [1.54, 1.807) is 6.92 Å². The predicted octanol–water partition coefficient (Wildman–Crippen LogP) is 2.82. The molecule has 0 N–H and O–H groups in total. The molecule has 2 saturated carbocycles. The van der Waals surface area contributed by atoms with Crippen LogP contribution >= 0.6 is 0 Å². The molecule has 0 saturated heterocycles. The first-order chi connectivity index (χ1) is 7.22. The van der Waals surface area contributed by atoms with Gasteiger partial charge in [0.15, 0.2) is 0 Å². The number of hydrogen-bond donors (Lipinski definition) is 0. The Labute approximate surface area is 93.0 Å². The molecule has 0 spiro atoms. The average molecular weight is 209 g/mol. The molecule has 2 unspecified atom stereocenters. The van der Waals surface area contributed by atoms with Crippen LogP contribution in [0, 0.1) is 11.8 Å². The summed E-state index contributed by atoms with van der Waals surface area (Å²) in [4.78, 5) is 13.6. The van der Waals surface area contributed by atoms with Crippen molar-refractivity contribution < 1.29 is 4.79 Å². The number of hydrogen-bond acceptors (Lipinski definition) is 1. The molecule has 0 aromatic carbocycles. The Morgan fingerprint density at radius 1 is 1.20 bits per heavy atom. The van der Waals surface area contributed by atoms with Gasteiger partial charge in [-0.15, -0.1) is 0 Å². The first-order valence-corrected chi connectivity index (χ1v) is 6.49. The van der Waals surface area contributed by atoms with Crippen LogP contribution in [-0.2, 0) is 4.79 Å². The van der Waals surface area contributed by atoms with Gasteiger partial charge in [0.25, 0.3) is 0 Å². The van der Waals surface area contributed by atoms with Crippen LogP contribution in [0.2, 0.25) is 0 Å². The summed E-state index contributed by atoms with van der Waals surface area (Å²) in [7, 11) is 0. The highest BCUT2D eigenvalue weighted by molar-refractivity contribution is 5.73. The van der Waals surface area contributed by atoms with Crippen molar-refractivity contribution in [1.82, 2.24) is 4.90 Å². The Morgan fingerprint density at radius 2 is 1.73 bits per heavy atom. The molecule has 15 heavy (non-hydrogen) atoms. The minimum atomic E-state index is 0.265. The minimum absolute atomic E-state index is 0.265. The largest absolute Gasteiger partial charge is 0.340 e. The van der Waals surface area contributed by atoms with Crippen LogP contribution in [0.3, 0.4) is 0 Å². The Morgan fingerprint density at radius 3 is 2.13 bits per heavy atom. The zero-order valence-corrected chi connectivity index (χ0v) is 10.0. The first-order valence-electron chi connectivity index (χ1n) is 6.49. The topological polar surface area (TPSA) is 20.3 Å². The highest BCUT2D eigenvalue weighted by Gasteiger charge is 2.38. The summed E-state index contributed by atoms with van der Waals surface area (Å²) in [5, 5.41) is 0. The maximum atomic E-state index is 11.5. The lowest BCUT2D eigenvalue weighted by Crippen LogP contribution is -2.37. The van der Waals surface area contributed by atoms with E-state index in [1.807, 2.05) is 0 Å². The fourth-order valence-electron chi connectivity index (χ4n) is 3.69. The second kappa shape index (κ2) is 4.54. The number of amides is 1. The SMILES string of the molecule is CCN(C(C)=O)C1CC2CCCCC2C1. The smallest absolute Gasteiger partial charge is 0.219 e. The van der Waals surface area contributed by atoms with Gasteiger partial charge < -0.3 is 4.90 Å². The van der Waals surface area contributed by atoms with Crippen molar-refractivity contribution in [2.75, 3.05) is 6.54 Å². The molecule has 2 atom stereocenters. The van der Waals surface area contributed by atoms with E-state index in [0.29, 0.717) is 6.04 Å². The zero-order valence-electron chi connectivity index (χ0n) is 10.0. The van der Waals surface area contributed by atoms with Crippen molar-refractivity contribution in [3.8, 4) is 0 Å². The van der Waals surface area contributed by atoms with Crippen molar-refractivity contribution in [3.63, 3.8) is 0 Å². The lowest BCUT2D eigenvalue weighted by molar-refractivity contribution is -0.130. The number of rotatable bonds is 2. The normalized spacial score (nSPS) is 34.9. The third-order valence-electron chi connectivity index (χ3n) is 4.40. The van der Waals surface area contributed by atoms with Crippen molar-refractivity contribution in [1.29, 1.82) is 0 Å². The van der Waals surface area contributed by atoms with Gasteiger partial charge in [-0.2, -0.15) is 0 Å². The fourth-order valence-corrected chi connectivity index (χ4v) is 3.69. The number of fused-ring (bicyclic) bond motifs is 1. The molecule has 2 aliphatic rings. The molecule has 0 bridgehead atoms. The highest BCUT2D eigenvalue weighted by Crippen LogP contribution is 2.43. The van der Waals surface area contributed by atoms with Gasteiger partial charge in [0.1, 0.15) is 0 Å². The highest BCUT2D eigenvalue weighted by atomic mass is 16.2. The molecule has 86 valence electrons. The Bertz CT molecular complexity index is 225. The molecule has 2 aliphatic carbocycles. The lowest BCUT2D eigenvalue weighted by Gasteiger charge is -2.26.